The van der Waals surface area contributed by atoms with E-state index in [1.54, 1.807) is 25.1 Å². The molecule has 0 aliphatic carbocycles. The number of benzene rings is 1. The van der Waals surface area contributed by atoms with Gasteiger partial charge in [0.1, 0.15) is 6.33 Å². The predicted octanol–water partition coefficient (Wildman–Crippen LogP) is 2.21. The van der Waals surface area contributed by atoms with Crippen molar-refractivity contribution in [1.29, 1.82) is 0 Å². The number of nitrogens with zero attached hydrogens (tertiary/aromatic N) is 3. The van der Waals surface area contributed by atoms with Crippen LogP contribution < -0.4 is 5.73 Å². The van der Waals surface area contributed by atoms with Crippen molar-refractivity contribution in [2.75, 3.05) is 12.3 Å². The van der Waals surface area contributed by atoms with Gasteiger partial charge < -0.3 is 10.5 Å². The van der Waals surface area contributed by atoms with Crippen LogP contribution >= 0.6 is 11.6 Å². The van der Waals surface area contributed by atoms with Crippen LogP contribution in [-0.2, 0) is 9.53 Å². The number of rotatable bonds is 4. The summed E-state index contributed by atoms with van der Waals surface area (Å²) in [4.78, 5) is 15.4. The van der Waals surface area contributed by atoms with Gasteiger partial charge in [0.15, 0.2) is 5.82 Å². The lowest BCUT2D eigenvalue weighted by atomic mass is 10.1. The van der Waals surface area contributed by atoms with Crippen LogP contribution in [0.3, 0.4) is 0 Å². The number of esters is 1. The Bertz CT molecular complexity index is 652. The molecule has 20 heavy (non-hydrogen) atoms. The fraction of sp³-hybridized carbons (Fsp3) is 0.154. The van der Waals surface area contributed by atoms with E-state index in [0.717, 1.165) is 0 Å². The molecule has 7 heteroatoms. The van der Waals surface area contributed by atoms with Gasteiger partial charge in [-0.05, 0) is 25.1 Å². The van der Waals surface area contributed by atoms with Crippen molar-refractivity contribution in [3.8, 4) is 11.4 Å². The van der Waals surface area contributed by atoms with E-state index in [0.29, 0.717) is 28.7 Å². The lowest BCUT2D eigenvalue weighted by molar-refractivity contribution is -0.137. The molecule has 0 unspecified atom stereocenters. The van der Waals surface area contributed by atoms with Gasteiger partial charge in [-0.15, -0.1) is 0 Å². The van der Waals surface area contributed by atoms with Gasteiger partial charge in [-0.25, -0.2) is 14.5 Å². The molecule has 2 rings (SSSR count). The van der Waals surface area contributed by atoms with E-state index < -0.39 is 5.97 Å². The summed E-state index contributed by atoms with van der Waals surface area (Å²) in [6.45, 7) is 2.05. The molecule has 0 radical (unpaired) electrons. The maximum Gasteiger partial charge on any atom is 0.332 e. The normalized spacial score (nSPS) is 10.9. The smallest absolute Gasteiger partial charge is 0.332 e. The number of anilines is 1. The fourth-order valence-corrected chi connectivity index (χ4v) is 1.77. The van der Waals surface area contributed by atoms with Crippen molar-refractivity contribution in [2.45, 2.75) is 6.92 Å². The topological polar surface area (TPSA) is 83.0 Å². The molecule has 0 amide bonds. The Balaban J connectivity index is 2.33. The van der Waals surface area contributed by atoms with E-state index in [-0.39, 0.29) is 0 Å². The summed E-state index contributed by atoms with van der Waals surface area (Å²) >= 11 is 5.95. The molecule has 0 atom stereocenters. The quantitative estimate of drug-likeness (QED) is 0.531. The molecule has 0 fully saturated rings. The van der Waals surface area contributed by atoms with Gasteiger partial charge in [0.2, 0.25) is 0 Å². The molecule has 0 aliphatic heterocycles. The van der Waals surface area contributed by atoms with Crippen molar-refractivity contribution < 1.29 is 9.53 Å². The van der Waals surface area contributed by atoms with Crippen LogP contribution in [0, 0.1) is 0 Å². The van der Waals surface area contributed by atoms with Crippen molar-refractivity contribution in [3.05, 3.63) is 35.6 Å². The summed E-state index contributed by atoms with van der Waals surface area (Å²) in [6, 6.07) is 5.07. The van der Waals surface area contributed by atoms with Gasteiger partial charge >= 0.3 is 5.97 Å². The summed E-state index contributed by atoms with van der Waals surface area (Å²) < 4.78 is 6.23. The Hall–Kier alpha value is -2.34. The van der Waals surface area contributed by atoms with E-state index in [1.165, 1.54) is 23.3 Å². The molecule has 0 saturated carbocycles. The third-order valence-corrected chi connectivity index (χ3v) is 2.70. The Morgan fingerprint density at radius 1 is 1.55 bits per heavy atom. The van der Waals surface area contributed by atoms with Crippen molar-refractivity contribution >= 4 is 29.5 Å². The molecule has 1 aromatic carbocycles. The zero-order valence-corrected chi connectivity index (χ0v) is 11.5. The number of carbonyl (C=O) groups excluding carboxylic acids is 1. The minimum atomic E-state index is -0.451. The standard InChI is InChI=1S/C13H13ClN4O2/c1-2-20-12(19)5-6-18-13(16-8-17-18)10-7-9(14)3-4-11(10)15/h3-8H,2,15H2,1H3. The van der Waals surface area contributed by atoms with Crippen LogP contribution in [0.25, 0.3) is 17.6 Å². The molecular weight excluding hydrogens is 280 g/mol. The number of nitrogens with two attached hydrogens (primary N) is 1. The maximum atomic E-state index is 11.3. The van der Waals surface area contributed by atoms with Gasteiger partial charge in [-0.3, -0.25) is 0 Å². The van der Waals surface area contributed by atoms with E-state index in [2.05, 4.69) is 10.1 Å². The number of hydrogen-bond acceptors (Lipinski definition) is 5. The van der Waals surface area contributed by atoms with Crippen LogP contribution in [0.2, 0.25) is 5.02 Å². The molecule has 1 aromatic heterocycles. The van der Waals surface area contributed by atoms with Gasteiger partial charge in [-0.1, -0.05) is 11.6 Å². The largest absolute Gasteiger partial charge is 0.463 e. The molecule has 0 bridgehead atoms. The van der Waals surface area contributed by atoms with Crippen LogP contribution in [0.1, 0.15) is 6.92 Å². The number of nitrogen functional groups attached to an aromatic ring is 1. The predicted molar refractivity (Wildman–Crippen MR) is 76.8 cm³/mol. The molecule has 2 aromatic rings. The second-order valence-electron chi connectivity index (χ2n) is 3.83. The second-order valence-corrected chi connectivity index (χ2v) is 4.26. The summed E-state index contributed by atoms with van der Waals surface area (Å²) in [7, 11) is 0. The molecular formula is C13H13ClN4O2. The van der Waals surface area contributed by atoms with Crippen molar-refractivity contribution in [2.24, 2.45) is 0 Å². The molecule has 0 saturated heterocycles. The number of hydrogen-bond donors (Lipinski definition) is 1. The lowest BCUT2D eigenvalue weighted by Gasteiger charge is -2.05. The van der Waals surface area contributed by atoms with Crippen molar-refractivity contribution in [1.82, 2.24) is 14.8 Å². The first-order chi connectivity index (χ1) is 9.61. The van der Waals surface area contributed by atoms with E-state index in [9.17, 15) is 4.79 Å². The zero-order chi connectivity index (χ0) is 14.5. The van der Waals surface area contributed by atoms with Gasteiger partial charge in [0.05, 0.1) is 6.61 Å². The Labute approximate surface area is 120 Å². The second kappa shape index (κ2) is 6.21. The highest BCUT2D eigenvalue weighted by Gasteiger charge is 2.10. The zero-order valence-electron chi connectivity index (χ0n) is 10.8. The third kappa shape index (κ3) is 3.16. The van der Waals surface area contributed by atoms with Gasteiger partial charge in [0.25, 0.3) is 0 Å². The average molecular weight is 293 g/mol. The highest BCUT2D eigenvalue weighted by atomic mass is 35.5. The van der Waals surface area contributed by atoms with Crippen LogP contribution in [0.15, 0.2) is 30.6 Å². The van der Waals surface area contributed by atoms with Crippen LogP contribution in [0.5, 0.6) is 0 Å². The summed E-state index contributed by atoms with van der Waals surface area (Å²) in [5, 5.41) is 4.55. The van der Waals surface area contributed by atoms with Crippen molar-refractivity contribution in [3.63, 3.8) is 0 Å². The Morgan fingerprint density at radius 3 is 3.10 bits per heavy atom. The first-order valence-corrected chi connectivity index (χ1v) is 6.29. The van der Waals surface area contributed by atoms with Gasteiger partial charge in [0, 0.05) is 28.5 Å². The number of halogens is 1. The minimum Gasteiger partial charge on any atom is -0.463 e. The molecule has 6 nitrogen and oxygen atoms in total. The van der Waals surface area contributed by atoms with Crippen LogP contribution in [-0.4, -0.2) is 27.3 Å². The van der Waals surface area contributed by atoms with E-state index >= 15 is 0 Å². The number of ether oxygens (including phenoxy) is 1. The number of carbonyl (C=O) groups is 1. The number of aromatic nitrogens is 3. The summed E-state index contributed by atoms with van der Waals surface area (Å²) in [5.74, 6) is 0.0403. The molecule has 0 aliphatic rings. The first-order valence-electron chi connectivity index (χ1n) is 5.91. The summed E-state index contributed by atoms with van der Waals surface area (Å²) in [5.41, 5.74) is 7.06. The van der Waals surface area contributed by atoms with E-state index in [4.69, 9.17) is 22.1 Å². The highest BCUT2D eigenvalue weighted by molar-refractivity contribution is 6.31. The minimum absolute atomic E-state index is 0.314. The molecule has 1 heterocycles. The average Bonchev–Trinajstić information content (AvgIpc) is 2.88. The SMILES string of the molecule is CCOC(=O)C=Cn1ncnc1-c1cc(Cl)ccc1N. The lowest BCUT2D eigenvalue weighted by Crippen LogP contribution is -2.02. The van der Waals surface area contributed by atoms with E-state index in [1.807, 2.05) is 0 Å². The molecule has 0 spiro atoms. The summed E-state index contributed by atoms with van der Waals surface area (Å²) in [6.07, 6.45) is 4.09. The molecule has 104 valence electrons. The maximum absolute atomic E-state index is 11.3. The third-order valence-electron chi connectivity index (χ3n) is 2.47. The Kier molecular flexibility index (Phi) is 4.37. The van der Waals surface area contributed by atoms with Gasteiger partial charge in [-0.2, -0.15) is 5.10 Å². The monoisotopic (exact) mass is 292 g/mol. The Morgan fingerprint density at radius 2 is 2.35 bits per heavy atom. The highest BCUT2D eigenvalue weighted by Crippen LogP contribution is 2.27. The fourth-order valence-electron chi connectivity index (χ4n) is 1.60. The first kappa shape index (κ1) is 14.1. The van der Waals surface area contributed by atoms with Crippen LogP contribution in [0.4, 0.5) is 5.69 Å². The molecule has 2 N–H and O–H groups in total.